The number of hydrogen-bond acceptors (Lipinski definition) is 4. The van der Waals surface area contributed by atoms with Crippen molar-refractivity contribution in [3.63, 3.8) is 0 Å². The van der Waals surface area contributed by atoms with E-state index in [9.17, 15) is 9.59 Å². The Labute approximate surface area is 159 Å². The summed E-state index contributed by atoms with van der Waals surface area (Å²) in [6, 6.07) is 17.9. The Kier molecular flexibility index (Phi) is 3.72. The van der Waals surface area contributed by atoms with Gasteiger partial charge in [0.15, 0.2) is 5.82 Å². The highest BCUT2D eigenvalue weighted by Gasteiger charge is 2.29. The molecule has 0 fully saturated rings. The molecule has 2 aromatic heterocycles. The van der Waals surface area contributed by atoms with Gasteiger partial charge in [0.05, 0.1) is 5.52 Å². The first-order valence-electron chi connectivity index (χ1n) is 8.90. The van der Waals surface area contributed by atoms with Gasteiger partial charge in [0.25, 0.3) is 5.56 Å². The summed E-state index contributed by atoms with van der Waals surface area (Å²) >= 11 is 0. The van der Waals surface area contributed by atoms with Crippen molar-refractivity contribution in [1.29, 1.82) is 0 Å². The van der Waals surface area contributed by atoms with E-state index in [4.69, 9.17) is 4.74 Å². The van der Waals surface area contributed by atoms with Gasteiger partial charge in [0.2, 0.25) is 0 Å². The van der Waals surface area contributed by atoms with Crippen LogP contribution in [0.15, 0.2) is 65.6 Å². The third-order valence-electron chi connectivity index (χ3n) is 5.05. The number of rotatable bonds is 3. The van der Waals surface area contributed by atoms with E-state index in [-0.39, 0.29) is 29.3 Å². The molecule has 1 amide bonds. The molecule has 0 bridgehead atoms. The summed E-state index contributed by atoms with van der Waals surface area (Å²) in [7, 11) is 0. The third-order valence-corrected chi connectivity index (χ3v) is 5.05. The number of benzene rings is 2. The van der Waals surface area contributed by atoms with Crippen molar-refractivity contribution in [2.24, 2.45) is 0 Å². The lowest BCUT2D eigenvalue weighted by Gasteiger charge is -2.14. The lowest BCUT2D eigenvalue weighted by Crippen LogP contribution is -2.19. The Morgan fingerprint density at radius 3 is 2.43 bits per heavy atom. The molecular weight excluding hydrogens is 356 g/mol. The molecule has 1 aliphatic carbocycles. The summed E-state index contributed by atoms with van der Waals surface area (Å²) in [6.45, 7) is 0.193. The smallest absolute Gasteiger partial charge is 0.412 e. The van der Waals surface area contributed by atoms with Gasteiger partial charge >= 0.3 is 6.09 Å². The van der Waals surface area contributed by atoms with E-state index in [1.807, 2.05) is 24.3 Å². The molecule has 138 valence electrons. The van der Waals surface area contributed by atoms with Gasteiger partial charge in [0.1, 0.15) is 12.0 Å². The van der Waals surface area contributed by atoms with E-state index < -0.39 is 6.09 Å². The number of anilines is 1. The van der Waals surface area contributed by atoms with Gasteiger partial charge in [-0.25, -0.2) is 4.79 Å². The zero-order valence-electron chi connectivity index (χ0n) is 14.7. The molecular formula is C21H16N4O3. The number of ether oxygens (including phenoxy) is 1. The zero-order valence-corrected chi connectivity index (χ0v) is 14.7. The maximum absolute atomic E-state index is 12.3. The van der Waals surface area contributed by atoms with Crippen LogP contribution in [0.4, 0.5) is 10.6 Å². The molecule has 0 radical (unpaired) electrons. The molecule has 0 spiro atoms. The van der Waals surface area contributed by atoms with E-state index in [0.717, 1.165) is 22.3 Å². The van der Waals surface area contributed by atoms with Crippen molar-refractivity contribution >= 4 is 22.8 Å². The van der Waals surface area contributed by atoms with Crippen LogP contribution >= 0.6 is 0 Å². The number of aromatic nitrogens is 3. The molecule has 3 N–H and O–H groups in total. The molecule has 0 saturated heterocycles. The van der Waals surface area contributed by atoms with Crippen LogP contribution in [0.5, 0.6) is 0 Å². The van der Waals surface area contributed by atoms with Crippen LogP contribution in [0.3, 0.4) is 0 Å². The molecule has 2 heterocycles. The van der Waals surface area contributed by atoms with Crippen molar-refractivity contribution < 1.29 is 9.53 Å². The number of aromatic amines is 2. The van der Waals surface area contributed by atoms with Crippen LogP contribution < -0.4 is 10.9 Å². The Bertz CT molecular complexity index is 1210. The average Bonchev–Trinajstić information content (AvgIpc) is 3.27. The molecule has 28 heavy (non-hydrogen) atoms. The normalized spacial score (nSPS) is 12.6. The molecule has 0 atom stereocenters. The number of pyridine rings is 1. The standard InChI is InChI=1S/C21H16N4O3/c26-20-18-17(9-10-22-20)24-25-19(18)23-21(27)28-11-16-14-7-3-1-5-12(14)13-6-2-4-8-15(13)16/h1-10,16H,11H2,(H,22,26)(H2,23,24,25,27). The number of nitrogens with one attached hydrogen (secondary N) is 3. The summed E-state index contributed by atoms with van der Waals surface area (Å²) in [6.07, 6.45) is 0.860. The minimum absolute atomic E-state index is 0.0301. The van der Waals surface area contributed by atoms with Crippen molar-refractivity contribution in [1.82, 2.24) is 15.2 Å². The van der Waals surface area contributed by atoms with Crippen LogP contribution in [-0.2, 0) is 4.74 Å². The fraction of sp³-hybridized carbons (Fsp3) is 0.0952. The predicted molar refractivity (Wildman–Crippen MR) is 105 cm³/mol. The first kappa shape index (κ1) is 16.3. The van der Waals surface area contributed by atoms with E-state index in [0.29, 0.717) is 5.52 Å². The second-order valence-electron chi connectivity index (χ2n) is 6.62. The van der Waals surface area contributed by atoms with Crippen LogP contribution in [0.25, 0.3) is 22.0 Å². The molecule has 1 aliphatic rings. The Hall–Kier alpha value is -3.87. The molecule has 0 aliphatic heterocycles. The first-order valence-corrected chi connectivity index (χ1v) is 8.90. The number of nitrogens with zero attached hydrogens (tertiary/aromatic N) is 1. The average molecular weight is 372 g/mol. The quantitative estimate of drug-likeness (QED) is 0.511. The predicted octanol–water partition coefficient (Wildman–Crippen LogP) is 3.61. The number of amides is 1. The topological polar surface area (TPSA) is 99.9 Å². The van der Waals surface area contributed by atoms with Crippen LogP contribution in [0.2, 0.25) is 0 Å². The second kappa shape index (κ2) is 6.38. The number of carbonyl (C=O) groups excluding carboxylic acids is 1. The SMILES string of the molecule is O=C(Nc1n[nH]c2cc[nH]c(=O)c12)OCC1c2ccccc2-c2ccccc21. The molecule has 5 rings (SSSR count). The highest BCUT2D eigenvalue weighted by molar-refractivity contribution is 5.96. The highest BCUT2D eigenvalue weighted by atomic mass is 16.5. The largest absolute Gasteiger partial charge is 0.448 e. The van der Waals surface area contributed by atoms with Crippen LogP contribution in [-0.4, -0.2) is 27.9 Å². The summed E-state index contributed by atoms with van der Waals surface area (Å²) in [5, 5.41) is 9.55. The van der Waals surface area contributed by atoms with Gasteiger partial charge in [-0.3, -0.25) is 15.2 Å². The molecule has 7 heteroatoms. The Morgan fingerprint density at radius 2 is 1.71 bits per heavy atom. The van der Waals surface area contributed by atoms with Gasteiger partial charge in [-0.05, 0) is 28.3 Å². The Balaban J connectivity index is 1.36. The molecule has 0 unspecified atom stereocenters. The van der Waals surface area contributed by atoms with Crippen LogP contribution in [0, 0.1) is 0 Å². The zero-order chi connectivity index (χ0) is 19.1. The highest BCUT2D eigenvalue weighted by Crippen LogP contribution is 2.44. The fourth-order valence-corrected chi connectivity index (χ4v) is 3.80. The van der Waals surface area contributed by atoms with Gasteiger partial charge in [-0.1, -0.05) is 48.5 Å². The van der Waals surface area contributed by atoms with Gasteiger partial charge < -0.3 is 9.72 Å². The van der Waals surface area contributed by atoms with Crippen molar-refractivity contribution in [2.75, 3.05) is 11.9 Å². The summed E-state index contributed by atoms with van der Waals surface area (Å²) in [5.41, 5.74) is 4.81. The van der Waals surface area contributed by atoms with E-state index in [1.54, 1.807) is 6.07 Å². The van der Waals surface area contributed by atoms with Gasteiger partial charge in [-0.2, -0.15) is 5.10 Å². The minimum Gasteiger partial charge on any atom is -0.448 e. The summed E-state index contributed by atoms with van der Waals surface area (Å²) < 4.78 is 5.49. The number of H-pyrrole nitrogens is 2. The van der Waals surface area contributed by atoms with Crippen molar-refractivity contribution in [3.8, 4) is 11.1 Å². The maximum Gasteiger partial charge on any atom is 0.412 e. The van der Waals surface area contributed by atoms with Gasteiger partial charge in [0, 0.05) is 12.1 Å². The number of fused-ring (bicyclic) bond motifs is 4. The Morgan fingerprint density at radius 1 is 1.04 bits per heavy atom. The maximum atomic E-state index is 12.3. The molecule has 0 saturated carbocycles. The number of hydrogen-bond donors (Lipinski definition) is 3. The second-order valence-corrected chi connectivity index (χ2v) is 6.62. The van der Waals surface area contributed by atoms with Crippen LogP contribution in [0.1, 0.15) is 17.0 Å². The van der Waals surface area contributed by atoms with E-state index in [1.165, 1.54) is 6.20 Å². The lowest BCUT2D eigenvalue weighted by molar-refractivity contribution is 0.158. The minimum atomic E-state index is -0.654. The molecule has 4 aromatic rings. The fourth-order valence-electron chi connectivity index (χ4n) is 3.80. The summed E-state index contributed by atoms with van der Waals surface area (Å²) in [4.78, 5) is 26.9. The summed E-state index contributed by atoms with van der Waals surface area (Å²) in [5.74, 6) is 0.117. The third kappa shape index (κ3) is 2.56. The van der Waals surface area contributed by atoms with E-state index in [2.05, 4.69) is 44.8 Å². The molecule has 7 nitrogen and oxygen atoms in total. The molecule has 2 aromatic carbocycles. The van der Waals surface area contributed by atoms with Crippen molar-refractivity contribution in [2.45, 2.75) is 5.92 Å². The monoisotopic (exact) mass is 372 g/mol. The van der Waals surface area contributed by atoms with Crippen molar-refractivity contribution in [3.05, 3.63) is 82.3 Å². The van der Waals surface area contributed by atoms with E-state index >= 15 is 0 Å². The van der Waals surface area contributed by atoms with Gasteiger partial charge in [-0.15, -0.1) is 0 Å². The first-order chi connectivity index (χ1) is 13.7. The lowest BCUT2D eigenvalue weighted by atomic mass is 9.98. The number of carbonyl (C=O) groups is 1.